The molecule has 8 nitrogen and oxygen atoms in total. The number of imide groups is 1. The van der Waals surface area contributed by atoms with Gasteiger partial charge in [0.1, 0.15) is 11.8 Å². The van der Waals surface area contributed by atoms with E-state index in [4.69, 9.17) is 10.5 Å². The van der Waals surface area contributed by atoms with Crippen molar-refractivity contribution in [3.63, 3.8) is 0 Å². The SMILES string of the molecule is NC(=O)C(Cc1ccccc1)N1C(=O)COc2ccc(C=C3SC(=O)NC3=O)cc21. The fourth-order valence-corrected chi connectivity index (χ4v) is 4.03. The number of hydrogen-bond acceptors (Lipinski definition) is 6. The molecule has 2 aromatic carbocycles. The van der Waals surface area contributed by atoms with Crippen LogP contribution in [-0.2, 0) is 20.8 Å². The number of rotatable bonds is 5. The third-order valence-electron chi connectivity index (χ3n) is 4.71. The molecule has 0 radical (unpaired) electrons. The number of hydrogen-bond donors (Lipinski definition) is 2. The third-order valence-corrected chi connectivity index (χ3v) is 5.52. The molecule has 0 bridgehead atoms. The van der Waals surface area contributed by atoms with Crippen molar-refractivity contribution >= 4 is 46.5 Å². The topological polar surface area (TPSA) is 119 Å². The van der Waals surface area contributed by atoms with Gasteiger partial charge in [-0.2, -0.15) is 0 Å². The molecule has 1 saturated heterocycles. The zero-order valence-electron chi connectivity index (χ0n) is 15.7. The minimum Gasteiger partial charge on any atom is -0.482 e. The van der Waals surface area contributed by atoms with Crippen molar-refractivity contribution in [3.05, 3.63) is 64.6 Å². The highest BCUT2D eigenvalue weighted by atomic mass is 32.2. The molecule has 4 amide bonds. The Morgan fingerprint density at radius 1 is 1.20 bits per heavy atom. The Morgan fingerprint density at radius 3 is 2.63 bits per heavy atom. The third kappa shape index (κ3) is 3.92. The fraction of sp³-hybridized carbons (Fsp3) is 0.143. The van der Waals surface area contributed by atoms with E-state index in [2.05, 4.69) is 5.32 Å². The van der Waals surface area contributed by atoms with Crippen molar-refractivity contribution in [2.45, 2.75) is 12.5 Å². The lowest BCUT2D eigenvalue weighted by molar-refractivity contribution is -0.126. The lowest BCUT2D eigenvalue weighted by Gasteiger charge is -2.34. The van der Waals surface area contributed by atoms with Gasteiger partial charge in [-0.1, -0.05) is 36.4 Å². The number of nitrogens with one attached hydrogen (secondary N) is 1. The van der Waals surface area contributed by atoms with Crippen LogP contribution in [0.25, 0.3) is 6.08 Å². The van der Waals surface area contributed by atoms with Gasteiger partial charge in [-0.3, -0.25) is 29.4 Å². The van der Waals surface area contributed by atoms with E-state index in [0.717, 1.165) is 17.3 Å². The van der Waals surface area contributed by atoms with Crippen molar-refractivity contribution in [3.8, 4) is 5.75 Å². The molecule has 1 atom stereocenters. The van der Waals surface area contributed by atoms with Crippen LogP contribution in [0.4, 0.5) is 10.5 Å². The molecule has 0 spiro atoms. The lowest BCUT2D eigenvalue weighted by atomic mass is 10.0. The van der Waals surface area contributed by atoms with Crippen molar-refractivity contribution in [2.24, 2.45) is 5.73 Å². The Kier molecular flexibility index (Phi) is 5.28. The zero-order valence-corrected chi connectivity index (χ0v) is 16.5. The number of thioether (sulfide) groups is 1. The van der Waals surface area contributed by atoms with Gasteiger partial charge in [-0.25, -0.2) is 0 Å². The summed E-state index contributed by atoms with van der Waals surface area (Å²) in [6.07, 6.45) is 1.79. The maximum Gasteiger partial charge on any atom is 0.290 e. The van der Waals surface area contributed by atoms with E-state index in [9.17, 15) is 19.2 Å². The molecular formula is C21H17N3O5S. The van der Waals surface area contributed by atoms with Crippen LogP contribution >= 0.6 is 11.8 Å². The van der Waals surface area contributed by atoms with Gasteiger partial charge >= 0.3 is 0 Å². The van der Waals surface area contributed by atoms with Gasteiger partial charge in [-0.05, 0) is 41.1 Å². The number of benzene rings is 2. The summed E-state index contributed by atoms with van der Waals surface area (Å²) in [5.74, 6) is -1.09. The maximum atomic E-state index is 12.7. The maximum absolute atomic E-state index is 12.7. The molecule has 9 heteroatoms. The Balaban J connectivity index is 1.72. The van der Waals surface area contributed by atoms with Gasteiger partial charge in [0.2, 0.25) is 5.91 Å². The molecule has 1 unspecified atom stereocenters. The number of nitrogens with zero attached hydrogens (tertiary/aromatic N) is 1. The van der Waals surface area contributed by atoms with E-state index in [1.54, 1.807) is 24.3 Å². The monoisotopic (exact) mass is 423 g/mol. The number of amides is 4. The second-order valence-electron chi connectivity index (χ2n) is 6.74. The molecule has 0 aromatic heterocycles. The van der Waals surface area contributed by atoms with Gasteiger partial charge in [0, 0.05) is 6.42 Å². The van der Waals surface area contributed by atoms with E-state index in [1.165, 1.54) is 4.90 Å². The van der Waals surface area contributed by atoms with Crippen LogP contribution < -0.4 is 20.7 Å². The molecular weight excluding hydrogens is 406 g/mol. The Morgan fingerprint density at radius 2 is 1.97 bits per heavy atom. The van der Waals surface area contributed by atoms with Crippen LogP contribution in [0, 0.1) is 0 Å². The summed E-state index contributed by atoms with van der Waals surface area (Å²) in [7, 11) is 0. The summed E-state index contributed by atoms with van der Waals surface area (Å²) >= 11 is 0.796. The van der Waals surface area contributed by atoms with Crippen LogP contribution in [0.2, 0.25) is 0 Å². The summed E-state index contributed by atoms with van der Waals surface area (Å²) in [5, 5.41) is 1.75. The van der Waals surface area contributed by atoms with Crippen LogP contribution in [0.1, 0.15) is 11.1 Å². The predicted octanol–water partition coefficient (Wildman–Crippen LogP) is 1.83. The van der Waals surface area contributed by atoms with Gasteiger partial charge in [0.25, 0.3) is 17.1 Å². The summed E-state index contributed by atoms with van der Waals surface area (Å²) in [5.41, 5.74) is 7.48. The largest absolute Gasteiger partial charge is 0.482 e. The van der Waals surface area contributed by atoms with Crippen LogP contribution in [0.15, 0.2) is 53.4 Å². The minimum absolute atomic E-state index is 0.210. The van der Waals surface area contributed by atoms with Crippen LogP contribution in [0.3, 0.4) is 0 Å². The molecule has 2 heterocycles. The Bertz CT molecular complexity index is 1080. The summed E-state index contributed by atoms with van der Waals surface area (Å²) in [4.78, 5) is 49.8. The molecule has 0 aliphatic carbocycles. The smallest absolute Gasteiger partial charge is 0.290 e. The molecule has 3 N–H and O–H groups in total. The number of carbonyl (C=O) groups excluding carboxylic acids is 4. The second-order valence-corrected chi connectivity index (χ2v) is 7.75. The molecule has 1 fully saturated rings. The second kappa shape index (κ2) is 8.03. The van der Waals surface area contributed by atoms with Gasteiger partial charge in [0.15, 0.2) is 6.61 Å². The highest BCUT2D eigenvalue weighted by Crippen LogP contribution is 2.36. The molecule has 30 heavy (non-hydrogen) atoms. The average Bonchev–Trinajstić information content (AvgIpc) is 3.04. The number of carbonyl (C=O) groups is 4. The standard InChI is InChI=1S/C21H17N3O5S/c22-19(26)15(8-12-4-2-1-3-5-12)24-14-9-13(6-7-16(14)29-11-18(24)25)10-17-20(27)23-21(28)30-17/h1-7,9-10,15H,8,11H2,(H2,22,26)(H,23,27,28). The number of anilines is 1. The normalized spacial score (nSPS) is 18.1. The lowest BCUT2D eigenvalue weighted by Crippen LogP contribution is -2.52. The first-order chi connectivity index (χ1) is 14.4. The summed E-state index contributed by atoms with van der Waals surface area (Å²) in [6.45, 7) is -0.210. The van der Waals surface area contributed by atoms with E-state index in [-0.39, 0.29) is 17.9 Å². The first kappa shape index (κ1) is 19.7. The number of fused-ring (bicyclic) bond motifs is 1. The molecule has 4 rings (SSSR count). The van der Waals surface area contributed by atoms with Crippen molar-refractivity contribution in [2.75, 3.05) is 11.5 Å². The number of ether oxygens (including phenoxy) is 1. The Labute approximate surface area is 176 Å². The average molecular weight is 423 g/mol. The highest BCUT2D eigenvalue weighted by Gasteiger charge is 2.35. The molecule has 0 saturated carbocycles. The summed E-state index contributed by atoms with van der Waals surface area (Å²) < 4.78 is 5.51. The van der Waals surface area contributed by atoms with E-state index in [1.807, 2.05) is 30.3 Å². The highest BCUT2D eigenvalue weighted by molar-refractivity contribution is 8.18. The van der Waals surface area contributed by atoms with Gasteiger partial charge < -0.3 is 10.5 Å². The van der Waals surface area contributed by atoms with Gasteiger partial charge in [0.05, 0.1) is 10.6 Å². The number of primary amides is 1. The van der Waals surface area contributed by atoms with Crippen molar-refractivity contribution in [1.82, 2.24) is 5.32 Å². The van der Waals surface area contributed by atoms with E-state index in [0.29, 0.717) is 17.0 Å². The first-order valence-corrected chi connectivity index (χ1v) is 9.91. The zero-order chi connectivity index (χ0) is 21.3. The molecule has 2 aromatic rings. The quantitative estimate of drug-likeness (QED) is 0.709. The first-order valence-electron chi connectivity index (χ1n) is 9.09. The molecule has 2 aliphatic rings. The van der Waals surface area contributed by atoms with E-state index < -0.39 is 29.0 Å². The minimum atomic E-state index is -0.906. The van der Waals surface area contributed by atoms with Crippen molar-refractivity contribution in [1.29, 1.82) is 0 Å². The molecule has 2 aliphatic heterocycles. The Hall–Kier alpha value is -3.59. The molecule has 152 valence electrons. The summed E-state index contributed by atoms with van der Waals surface area (Å²) in [6, 6.07) is 13.4. The van der Waals surface area contributed by atoms with Crippen LogP contribution in [-0.4, -0.2) is 35.6 Å². The number of nitrogens with two attached hydrogens (primary N) is 1. The van der Waals surface area contributed by atoms with E-state index >= 15 is 0 Å². The predicted molar refractivity (Wildman–Crippen MR) is 112 cm³/mol. The van der Waals surface area contributed by atoms with Gasteiger partial charge in [-0.15, -0.1) is 0 Å². The van der Waals surface area contributed by atoms with Crippen molar-refractivity contribution < 1.29 is 23.9 Å². The van der Waals surface area contributed by atoms with Crippen LogP contribution in [0.5, 0.6) is 5.75 Å². The fourth-order valence-electron chi connectivity index (χ4n) is 3.35.